The molecule has 0 amide bonds. The summed E-state index contributed by atoms with van der Waals surface area (Å²) < 4.78 is 9.09. The van der Waals surface area contributed by atoms with Crippen LogP contribution in [-0.2, 0) is 0 Å². The van der Waals surface area contributed by atoms with Gasteiger partial charge in [0.05, 0.1) is 11.2 Å². The van der Waals surface area contributed by atoms with Crippen LogP contribution >= 0.6 is 0 Å². The first kappa shape index (κ1) is 26.7. The Balaban J connectivity index is 1.21. The first-order valence-corrected chi connectivity index (χ1v) is 16.3. The molecule has 0 spiro atoms. The van der Waals surface area contributed by atoms with Crippen LogP contribution in [-0.4, -0.2) is 9.55 Å². The standard InChI is InChI=1S/C45H28N2O/c1-2-12-31(13-3-1)45-46-40-17-9-19-42-43(40)47(45)41-18-8-16-39(44(41)48-42)38-27-36(34-22-20-29-10-4-6-14-32(29)24-34)26-37(28-38)35-23-21-30-11-5-7-15-33(30)25-35/h1-28H. The van der Waals surface area contributed by atoms with Crippen LogP contribution in [0.15, 0.2) is 170 Å². The zero-order valence-electron chi connectivity index (χ0n) is 26.0. The number of rotatable bonds is 4. The molecule has 0 aliphatic carbocycles. The maximum atomic E-state index is 6.83. The first-order chi connectivity index (χ1) is 23.8. The number of fused-ring (bicyclic) bond motifs is 4. The predicted octanol–water partition coefficient (Wildman–Crippen LogP) is 12.1. The van der Waals surface area contributed by atoms with E-state index in [1.165, 1.54) is 32.7 Å². The number of benzene rings is 8. The minimum absolute atomic E-state index is 0.808. The van der Waals surface area contributed by atoms with Gasteiger partial charge in [-0.05, 0) is 97.9 Å². The Morgan fingerprint density at radius 3 is 1.71 bits per heavy atom. The first-order valence-electron chi connectivity index (χ1n) is 16.3. The van der Waals surface area contributed by atoms with Crippen LogP contribution in [0.2, 0.25) is 0 Å². The highest BCUT2D eigenvalue weighted by Crippen LogP contribution is 2.48. The Morgan fingerprint density at radius 1 is 0.417 bits per heavy atom. The van der Waals surface area contributed by atoms with Crippen molar-refractivity contribution in [3.05, 3.63) is 170 Å². The molecule has 0 bridgehead atoms. The molecule has 2 heterocycles. The summed E-state index contributed by atoms with van der Waals surface area (Å²) in [7, 11) is 0. The van der Waals surface area contributed by atoms with E-state index < -0.39 is 0 Å². The Bertz CT molecular complexity index is 2610. The monoisotopic (exact) mass is 612 g/mol. The van der Waals surface area contributed by atoms with Gasteiger partial charge >= 0.3 is 0 Å². The van der Waals surface area contributed by atoms with E-state index in [1.807, 2.05) is 18.2 Å². The van der Waals surface area contributed by atoms with Crippen molar-refractivity contribution in [2.24, 2.45) is 0 Å². The summed E-state index contributed by atoms with van der Waals surface area (Å²) in [4.78, 5) is 5.10. The number of aromatic nitrogens is 2. The number of ether oxygens (including phenoxy) is 1. The number of nitrogens with zero attached hydrogens (tertiary/aromatic N) is 2. The highest BCUT2D eigenvalue weighted by molar-refractivity contribution is 5.95. The molecule has 48 heavy (non-hydrogen) atoms. The lowest BCUT2D eigenvalue weighted by molar-refractivity contribution is 0.477. The van der Waals surface area contributed by atoms with Crippen LogP contribution in [0.5, 0.6) is 11.5 Å². The molecule has 9 aromatic rings. The fraction of sp³-hybridized carbons (Fsp3) is 0. The maximum absolute atomic E-state index is 6.83. The number of hydrogen-bond donors (Lipinski definition) is 0. The Kier molecular flexibility index (Phi) is 5.87. The summed E-state index contributed by atoms with van der Waals surface area (Å²) in [6.07, 6.45) is 0. The van der Waals surface area contributed by atoms with Gasteiger partial charge < -0.3 is 4.74 Å². The van der Waals surface area contributed by atoms with Crippen molar-refractivity contribution >= 4 is 32.6 Å². The van der Waals surface area contributed by atoms with Crippen molar-refractivity contribution < 1.29 is 4.74 Å². The van der Waals surface area contributed by atoms with E-state index in [-0.39, 0.29) is 0 Å². The number of hydrogen-bond acceptors (Lipinski definition) is 2. The predicted molar refractivity (Wildman–Crippen MR) is 198 cm³/mol. The maximum Gasteiger partial charge on any atom is 0.159 e. The van der Waals surface area contributed by atoms with Crippen LogP contribution in [0.25, 0.3) is 83.0 Å². The van der Waals surface area contributed by atoms with Crippen LogP contribution in [0.1, 0.15) is 0 Å². The van der Waals surface area contributed by atoms with Gasteiger partial charge in [-0.25, -0.2) is 4.98 Å². The molecule has 3 nitrogen and oxygen atoms in total. The third-order valence-corrected chi connectivity index (χ3v) is 9.53. The van der Waals surface area contributed by atoms with Crippen LogP contribution in [0.4, 0.5) is 0 Å². The normalized spacial score (nSPS) is 11.9. The molecular formula is C45H28N2O. The highest BCUT2D eigenvalue weighted by Gasteiger charge is 2.27. The lowest BCUT2D eigenvalue weighted by atomic mass is 9.91. The van der Waals surface area contributed by atoms with Crippen LogP contribution < -0.4 is 4.74 Å². The molecule has 8 aromatic carbocycles. The summed E-state index contributed by atoms with van der Waals surface area (Å²) in [5.41, 5.74) is 10.8. The lowest BCUT2D eigenvalue weighted by Gasteiger charge is -2.24. The van der Waals surface area contributed by atoms with E-state index >= 15 is 0 Å². The van der Waals surface area contributed by atoms with E-state index in [9.17, 15) is 0 Å². The molecule has 0 fully saturated rings. The van der Waals surface area contributed by atoms with Crippen molar-refractivity contribution in [1.29, 1.82) is 0 Å². The largest absolute Gasteiger partial charge is 0.452 e. The zero-order chi connectivity index (χ0) is 31.6. The van der Waals surface area contributed by atoms with Gasteiger partial charge in [-0.1, -0.05) is 121 Å². The number of para-hydroxylation sites is 2. The fourth-order valence-corrected chi connectivity index (χ4v) is 7.19. The van der Waals surface area contributed by atoms with Gasteiger partial charge in [0.1, 0.15) is 11.3 Å². The highest BCUT2D eigenvalue weighted by atomic mass is 16.5. The molecule has 0 unspecified atom stereocenters. The average Bonchev–Trinajstić information content (AvgIpc) is 3.56. The molecule has 10 rings (SSSR count). The SMILES string of the molecule is c1ccc(-c2nc3cccc4c3n2-c2cccc(-c3cc(-c5ccc6ccccc6c5)cc(-c5ccc6ccccc6c5)c3)c2O4)cc1. The van der Waals surface area contributed by atoms with E-state index in [4.69, 9.17) is 9.72 Å². The summed E-state index contributed by atoms with van der Waals surface area (Å²) in [6.45, 7) is 0. The van der Waals surface area contributed by atoms with Gasteiger partial charge in [0.25, 0.3) is 0 Å². The topological polar surface area (TPSA) is 27.1 Å². The molecular weight excluding hydrogens is 585 g/mol. The summed E-state index contributed by atoms with van der Waals surface area (Å²) >= 11 is 0. The van der Waals surface area contributed by atoms with Crippen molar-refractivity contribution in [2.75, 3.05) is 0 Å². The Labute approximate surface area is 278 Å². The summed E-state index contributed by atoms with van der Waals surface area (Å²) in [5.74, 6) is 2.54. The van der Waals surface area contributed by atoms with Gasteiger partial charge in [-0.15, -0.1) is 0 Å². The van der Waals surface area contributed by atoms with Crippen LogP contribution in [0, 0.1) is 0 Å². The van der Waals surface area contributed by atoms with Crippen molar-refractivity contribution in [3.8, 4) is 62.0 Å². The van der Waals surface area contributed by atoms with Gasteiger partial charge in [0, 0.05) is 11.1 Å². The minimum Gasteiger partial charge on any atom is -0.452 e. The quantitative estimate of drug-likeness (QED) is 0.198. The summed E-state index contributed by atoms with van der Waals surface area (Å²) in [6, 6.07) is 60.4. The Hall–Kier alpha value is -6.45. The van der Waals surface area contributed by atoms with E-state index in [1.54, 1.807) is 0 Å². The molecule has 0 N–H and O–H groups in total. The molecule has 224 valence electrons. The summed E-state index contributed by atoms with van der Waals surface area (Å²) in [5, 5.41) is 4.92. The molecule has 1 aliphatic rings. The second kappa shape index (κ2) is 10.5. The second-order valence-corrected chi connectivity index (χ2v) is 12.4. The third-order valence-electron chi connectivity index (χ3n) is 9.53. The molecule has 1 aromatic heterocycles. The van der Waals surface area contributed by atoms with E-state index in [2.05, 4.69) is 156 Å². The van der Waals surface area contributed by atoms with Gasteiger partial charge in [0.15, 0.2) is 11.5 Å². The third kappa shape index (κ3) is 4.25. The Morgan fingerprint density at radius 2 is 1.02 bits per heavy atom. The average molecular weight is 613 g/mol. The second-order valence-electron chi connectivity index (χ2n) is 12.4. The molecule has 3 heteroatoms. The smallest absolute Gasteiger partial charge is 0.159 e. The minimum atomic E-state index is 0.808. The van der Waals surface area contributed by atoms with Crippen LogP contribution in [0.3, 0.4) is 0 Å². The van der Waals surface area contributed by atoms with Gasteiger partial charge in [-0.3, -0.25) is 4.57 Å². The van der Waals surface area contributed by atoms with E-state index in [0.29, 0.717) is 0 Å². The van der Waals surface area contributed by atoms with Crippen molar-refractivity contribution in [2.45, 2.75) is 0 Å². The molecule has 0 radical (unpaired) electrons. The molecule has 0 atom stereocenters. The molecule has 0 saturated heterocycles. The zero-order valence-corrected chi connectivity index (χ0v) is 26.0. The van der Waals surface area contributed by atoms with Gasteiger partial charge in [-0.2, -0.15) is 0 Å². The van der Waals surface area contributed by atoms with Crippen molar-refractivity contribution in [1.82, 2.24) is 9.55 Å². The van der Waals surface area contributed by atoms with E-state index in [0.717, 1.165) is 61.9 Å². The number of imidazole rings is 1. The molecule has 0 saturated carbocycles. The van der Waals surface area contributed by atoms with Gasteiger partial charge in [0.2, 0.25) is 0 Å². The fourth-order valence-electron chi connectivity index (χ4n) is 7.19. The lowest BCUT2D eigenvalue weighted by Crippen LogP contribution is -2.07. The van der Waals surface area contributed by atoms with Crippen molar-refractivity contribution in [3.63, 3.8) is 0 Å². The molecule has 1 aliphatic heterocycles.